The number of halogens is 2. The number of piperidine rings is 1. The van der Waals surface area contributed by atoms with Gasteiger partial charge in [0.15, 0.2) is 5.13 Å². The summed E-state index contributed by atoms with van der Waals surface area (Å²) in [6.07, 6.45) is 5.17. The number of methoxy groups -OCH3 is 1. The third kappa shape index (κ3) is 5.26. The highest BCUT2D eigenvalue weighted by molar-refractivity contribution is 7.22. The molecule has 3 heterocycles. The number of rotatable bonds is 8. The Morgan fingerprint density at radius 1 is 1.11 bits per heavy atom. The SMILES string of the molecule is CCC1CC(NCc2c(-c3c(Cl)cccc3Cl)noc2C2CC2)CC(C)N1c1nc2c(cc(C(=O)OC)c3ccccc32)s1. The fraction of sp³-hybridized carbons (Fsp3) is 0.382. The van der Waals surface area contributed by atoms with Gasteiger partial charge >= 0.3 is 5.97 Å². The minimum Gasteiger partial charge on any atom is -0.465 e. The van der Waals surface area contributed by atoms with Crippen LogP contribution in [0.3, 0.4) is 0 Å². The predicted octanol–water partition coefficient (Wildman–Crippen LogP) is 9.00. The molecule has 3 atom stereocenters. The van der Waals surface area contributed by atoms with E-state index in [1.807, 2.05) is 48.5 Å². The molecule has 0 bridgehead atoms. The van der Waals surface area contributed by atoms with Crippen molar-refractivity contribution in [2.24, 2.45) is 0 Å². The second kappa shape index (κ2) is 12.0. The molecule has 0 spiro atoms. The first-order chi connectivity index (χ1) is 21.4. The summed E-state index contributed by atoms with van der Waals surface area (Å²) in [7, 11) is 1.42. The van der Waals surface area contributed by atoms with Crippen LogP contribution in [0.5, 0.6) is 0 Å². The zero-order valence-electron chi connectivity index (χ0n) is 24.9. The average Bonchev–Trinajstić information content (AvgIpc) is 3.65. The minimum absolute atomic E-state index is 0.265. The summed E-state index contributed by atoms with van der Waals surface area (Å²) in [6, 6.07) is 16.3. The van der Waals surface area contributed by atoms with Crippen LogP contribution in [0, 0.1) is 0 Å². The van der Waals surface area contributed by atoms with Gasteiger partial charge < -0.3 is 19.5 Å². The van der Waals surface area contributed by atoms with Crippen LogP contribution in [0.4, 0.5) is 5.13 Å². The van der Waals surface area contributed by atoms with Crippen molar-refractivity contribution in [3.63, 3.8) is 0 Å². The lowest BCUT2D eigenvalue weighted by molar-refractivity contribution is 0.0603. The third-order valence-electron chi connectivity index (χ3n) is 9.07. The summed E-state index contributed by atoms with van der Waals surface area (Å²) < 4.78 is 12.0. The molecule has 1 saturated heterocycles. The molecule has 1 N–H and O–H groups in total. The van der Waals surface area contributed by atoms with Gasteiger partial charge in [0.05, 0.1) is 32.9 Å². The number of aromatic nitrogens is 2. The first-order valence-corrected chi connectivity index (χ1v) is 16.8. The number of nitrogens with one attached hydrogen (secondary N) is 1. The van der Waals surface area contributed by atoms with E-state index in [1.54, 1.807) is 11.3 Å². The average molecular weight is 650 g/mol. The van der Waals surface area contributed by atoms with E-state index >= 15 is 0 Å². The number of esters is 1. The van der Waals surface area contributed by atoms with Crippen molar-refractivity contribution < 1.29 is 14.1 Å². The maximum Gasteiger partial charge on any atom is 0.338 e. The molecule has 2 aliphatic rings. The molecule has 1 aliphatic heterocycles. The molecular weight excluding hydrogens is 615 g/mol. The fourth-order valence-electron chi connectivity index (χ4n) is 6.76. The highest BCUT2D eigenvalue weighted by atomic mass is 35.5. The monoisotopic (exact) mass is 648 g/mol. The molecule has 0 radical (unpaired) electrons. The number of ether oxygens (including phenoxy) is 1. The van der Waals surface area contributed by atoms with Gasteiger partial charge in [0.25, 0.3) is 0 Å². The van der Waals surface area contributed by atoms with Gasteiger partial charge in [-0.2, -0.15) is 0 Å². The summed E-state index contributed by atoms with van der Waals surface area (Å²) >= 11 is 14.8. The van der Waals surface area contributed by atoms with Crippen LogP contribution in [0.15, 0.2) is 53.1 Å². The quantitative estimate of drug-likeness (QED) is 0.168. The van der Waals surface area contributed by atoms with E-state index in [0.717, 1.165) is 80.8 Å². The van der Waals surface area contributed by atoms with Crippen LogP contribution in [0.1, 0.15) is 73.6 Å². The number of anilines is 1. The minimum atomic E-state index is -0.331. The number of hydrogen-bond donors (Lipinski definition) is 1. The maximum absolute atomic E-state index is 12.6. The van der Waals surface area contributed by atoms with Gasteiger partial charge in [-0.1, -0.05) is 77.0 Å². The molecule has 3 aromatic carbocycles. The Labute approximate surface area is 270 Å². The van der Waals surface area contributed by atoms with E-state index < -0.39 is 0 Å². The van der Waals surface area contributed by atoms with Gasteiger partial charge in [0, 0.05) is 47.1 Å². The Bertz CT molecular complexity index is 1850. The summed E-state index contributed by atoms with van der Waals surface area (Å²) in [5.41, 5.74) is 4.04. The Hall–Kier alpha value is -3.17. The van der Waals surface area contributed by atoms with E-state index in [0.29, 0.717) is 40.2 Å². The lowest BCUT2D eigenvalue weighted by atomic mass is 9.90. The largest absolute Gasteiger partial charge is 0.465 e. The fourth-order valence-corrected chi connectivity index (χ4v) is 8.53. The molecule has 2 fully saturated rings. The smallest absolute Gasteiger partial charge is 0.338 e. The van der Waals surface area contributed by atoms with Gasteiger partial charge in [-0.15, -0.1) is 0 Å². The second-order valence-electron chi connectivity index (χ2n) is 11.9. The molecule has 7 rings (SSSR count). The van der Waals surface area contributed by atoms with Gasteiger partial charge in [-0.05, 0) is 62.6 Å². The highest BCUT2D eigenvalue weighted by Gasteiger charge is 2.37. The van der Waals surface area contributed by atoms with Crippen molar-refractivity contribution in [2.45, 2.75) is 76.5 Å². The van der Waals surface area contributed by atoms with Crippen molar-refractivity contribution >= 4 is 66.6 Å². The predicted molar refractivity (Wildman–Crippen MR) is 178 cm³/mol. The molecule has 1 aliphatic carbocycles. The van der Waals surface area contributed by atoms with E-state index in [2.05, 4.69) is 29.2 Å². The zero-order chi connectivity index (χ0) is 30.5. The van der Waals surface area contributed by atoms with Gasteiger partial charge in [-0.25, -0.2) is 9.78 Å². The first kappa shape index (κ1) is 29.5. The van der Waals surface area contributed by atoms with Crippen molar-refractivity contribution in [1.29, 1.82) is 0 Å². The number of nitrogens with zero attached hydrogens (tertiary/aromatic N) is 3. The maximum atomic E-state index is 12.6. The molecule has 5 aromatic rings. The van der Waals surface area contributed by atoms with Crippen molar-refractivity contribution in [1.82, 2.24) is 15.5 Å². The summed E-state index contributed by atoms with van der Waals surface area (Å²) in [4.78, 5) is 20.3. The first-order valence-electron chi connectivity index (χ1n) is 15.2. The van der Waals surface area contributed by atoms with Crippen LogP contribution >= 0.6 is 34.5 Å². The van der Waals surface area contributed by atoms with E-state index in [1.165, 1.54) is 7.11 Å². The summed E-state index contributed by atoms with van der Waals surface area (Å²) in [5, 5.41) is 12.3. The molecular formula is C34H34Cl2N4O3S. The lowest BCUT2D eigenvalue weighted by Crippen LogP contribution is -2.53. The number of hydrogen-bond acceptors (Lipinski definition) is 8. The molecule has 228 valence electrons. The van der Waals surface area contributed by atoms with Crippen LogP contribution in [0.25, 0.3) is 32.2 Å². The third-order valence-corrected chi connectivity index (χ3v) is 10.7. The van der Waals surface area contributed by atoms with Crippen LogP contribution < -0.4 is 10.2 Å². The van der Waals surface area contributed by atoms with Gasteiger partial charge in [0.2, 0.25) is 0 Å². The standard InChI is InChI=1S/C34H34Cl2N4O3S/c1-4-21-15-20(37-17-25-31(39-43-32(25)19-12-13-19)29-26(35)10-7-11-27(29)36)14-18(2)40(21)34-38-30-23-9-6-5-8-22(23)24(33(41)42-3)16-28(30)44-34/h5-11,16,18-21,37H,4,12-15,17H2,1-3H3. The van der Waals surface area contributed by atoms with Crippen molar-refractivity contribution in [3.05, 3.63) is 75.5 Å². The van der Waals surface area contributed by atoms with E-state index in [-0.39, 0.29) is 12.0 Å². The molecule has 10 heteroatoms. The lowest BCUT2D eigenvalue weighted by Gasteiger charge is -2.44. The number of fused-ring (bicyclic) bond motifs is 3. The number of thiazole rings is 1. The molecule has 7 nitrogen and oxygen atoms in total. The molecule has 44 heavy (non-hydrogen) atoms. The summed E-state index contributed by atoms with van der Waals surface area (Å²) in [5.74, 6) is 1.03. The summed E-state index contributed by atoms with van der Waals surface area (Å²) in [6.45, 7) is 5.17. The topological polar surface area (TPSA) is 80.5 Å². The zero-order valence-corrected chi connectivity index (χ0v) is 27.2. The van der Waals surface area contributed by atoms with Crippen LogP contribution in [0.2, 0.25) is 10.0 Å². The Morgan fingerprint density at radius 3 is 2.57 bits per heavy atom. The van der Waals surface area contributed by atoms with Crippen LogP contribution in [-0.2, 0) is 11.3 Å². The number of benzene rings is 3. The Kier molecular flexibility index (Phi) is 8.04. The normalized spacial score (nSPS) is 20.5. The van der Waals surface area contributed by atoms with E-state index in [9.17, 15) is 4.79 Å². The molecule has 2 aromatic heterocycles. The Balaban J connectivity index is 1.15. The second-order valence-corrected chi connectivity index (χ2v) is 13.7. The van der Waals surface area contributed by atoms with E-state index in [4.69, 9.17) is 37.4 Å². The van der Waals surface area contributed by atoms with Crippen LogP contribution in [-0.4, -0.2) is 41.3 Å². The number of carbonyl (C=O) groups excluding carboxylic acids is 1. The van der Waals surface area contributed by atoms with Crippen molar-refractivity contribution in [3.8, 4) is 11.3 Å². The number of carbonyl (C=O) groups is 1. The Morgan fingerprint density at radius 2 is 1.86 bits per heavy atom. The molecule has 3 unspecified atom stereocenters. The van der Waals surface area contributed by atoms with Gasteiger partial charge in [-0.3, -0.25) is 0 Å². The highest BCUT2D eigenvalue weighted by Crippen LogP contribution is 2.46. The van der Waals surface area contributed by atoms with Gasteiger partial charge in [0.1, 0.15) is 11.5 Å². The molecule has 1 saturated carbocycles. The molecule has 0 amide bonds. The van der Waals surface area contributed by atoms with Crippen molar-refractivity contribution in [2.75, 3.05) is 12.0 Å².